The van der Waals surface area contributed by atoms with Crippen molar-refractivity contribution >= 4 is 40.6 Å². The minimum absolute atomic E-state index is 0.00158. The van der Waals surface area contributed by atoms with E-state index in [-0.39, 0.29) is 28.2 Å². The molecular weight excluding hydrogens is 518 g/mol. The molecule has 3 amide bonds. The molecule has 2 aromatic carbocycles. The van der Waals surface area contributed by atoms with Gasteiger partial charge in [0.1, 0.15) is 22.4 Å². The summed E-state index contributed by atoms with van der Waals surface area (Å²) in [6.45, 7) is 1.88. The minimum atomic E-state index is -1.10. The van der Waals surface area contributed by atoms with Gasteiger partial charge in [-0.25, -0.2) is 0 Å². The molecule has 1 aromatic heterocycles. The topological polar surface area (TPSA) is 150 Å². The number of carbonyl (C=O) groups excluding carboxylic acids is 3. The Bertz CT molecular complexity index is 1350. The van der Waals surface area contributed by atoms with Crippen LogP contribution < -0.4 is 31.2 Å². The lowest BCUT2D eigenvalue weighted by Crippen LogP contribution is -2.47. The summed E-state index contributed by atoms with van der Waals surface area (Å²) in [5.41, 5.74) is 13.0. The third-order valence-corrected chi connectivity index (χ3v) is 7.71. The van der Waals surface area contributed by atoms with E-state index >= 15 is 0 Å². The highest BCUT2D eigenvalue weighted by atomic mass is 32.1. The normalized spacial score (nSPS) is 14.3. The quantitative estimate of drug-likeness (QED) is 0.364. The lowest BCUT2D eigenvalue weighted by Gasteiger charge is -2.34. The number of nitrogen functional groups attached to an aromatic ring is 1. The summed E-state index contributed by atoms with van der Waals surface area (Å²) in [4.78, 5) is 41.6. The Labute approximate surface area is 231 Å². The van der Waals surface area contributed by atoms with Crippen molar-refractivity contribution in [2.24, 2.45) is 5.73 Å². The first-order valence-corrected chi connectivity index (χ1v) is 13.5. The van der Waals surface area contributed by atoms with E-state index in [1.807, 2.05) is 13.0 Å². The van der Waals surface area contributed by atoms with E-state index in [0.29, 0.717) is 22.7 Å². The first-order valence-electron chi connectivity index (χ1n) is 12.7. The summed E-state index contributed by atoms with van der Waals surface area (Å²) in [6, 6.07) is 11.2. The van der Waals surface area contributed by atoms with Crippen LogP contribution >= 0.6 is 11.5 Å². The smallest absolute Gasteiger partial charge is 0.273 e. The molecule has 1 aliphatic rings. The first-order chi connectivity index (χ1) is 18.7. The first kappa shape index (κ1) is 27.9. The van der Waals surface area contributed by atoms with Crippen LogP contribution in [0.3, 0.4) is 0 Å². The van der Waals surface area contributed by atoms with E-state index in [4.69, 9.17) is 20.9 Å². The maximum atomic E-state index is 14.3. The summed E-state index contributed by atoms with van der Waals surface area (Å²) in [5, 5.41) is 3.17. The molecule has 1 fully saturated rings. The van der Waals surface area contributed by atoms with Crippen molar-refractivity contribution in [3.05, 3.63) is 64.2 Å². The Hall–Kier alpha value is -4.12. The van der Waals surface area contributed by atoms with Gasteiger partial charge in [0, 0.05) is 6.04 Å². The lowest BCUT2D eigenvalue weighted by molar-refractivity contribution is -0.123. The van der Waals surface area contributed by atoms with Crippen LogP contribution in [0.1, 0.15) is 69.4 Å². The Kier molecular flexibility index (Phi) is 8.70. The number of hydrogen-bond donors (Lipinski definition) is 3. The summed E-state index contributed by atoms with van der Waals surface area (Å²) < 4.78 is 15.0. The fourth-order valence-corrected chi connectivity index (χ4v) is 5.57. The van der Waals surface area contributed by atoms with Crippen molar-refractivity contribution in [1.82, 2.24) is 9.69 Å². The van der Waals surface area contributed by atoms with Crippen LogP contribution in [0, 0.1) is 6.92 Å². The zero-order valence-corrected chi connectivity index (χ0v) is 23.0. The summed E-state index contributed by atoms with van der Waals surface area (Å²) in [7, 11) is 3.05. The molecule has 0 radical (unpaired) electrons. The third-order valence-electron chi connectivity index (χ3n) is 6.86. The number of amides is 3. The Morgan fingerprint density at radius 3 is 2.33 bits per heavy atom. The number of primary amides is 1. The fraction of sp³-hybridized carbons (Fsp3) is 0.357. The molecule has 11 heteroatoms. The van der Waals surface area contributed by atoms with Crippen LogP contribution in [-0.2, 0) is 4.79 Å². The number of methoxy groups -OCH3 is 2. The summed E-state index contributed by atoms with van der Waals surface area (Å²) in [5.74, 6) is -0.808. The van der Waals surface area contributed by atoms with Gasteiger partial charge >= 0.3 is 0 Å². The number of aromatic nitrogens is 1. The number of benzene rings is 2. The average molecular weight is 552 g/mol. The number of nitrogens with one attached hydrogen (secondary N) is 1. The molecule has 1 atom stereocenters. The average Bonchev–Trinajstić information content (AvgIpc) is 3.33. The molecule has 0 bridgehead atoms. The summed E-state index contributed by atoms with van der Waals surface area (Å²) in [6.07, 6.45) is 4.92. The molecule has 0 unspecified atom stereocenters. The zero-order chi connectivity index (χ0) is 28.1. The molecule has 10 nitrogen and oxygen atoms in total. The van der Waals surface area contributed by atoms with Crippen LogP contribution in [0.15, 0.2) is 42.5 Å². The molecule has 1 aliphatic carbocycles. The fourth-order valence-electron chi connectivity index (χ4n) is 4.82. The van der Waals surface area contributed by atoms with E-state index in [0.717, 1.165) is 49.2 Å². The predicted octanol–water partition coefficient (Wildman–Crippen LogP) is 3.99. The number of rotatable bonds is 9. The van der Waals surface area contributed by atoms with E-state index in [9.17, 15) is 14.4 Å². The van der Waals surface area contributed by atoms with E-state index in [1.54, 1.807) is 43.5 Å². The summed E-state index contributed by atoms with van der Waals surface area (Å²) >= 11 is 0.760. The number of anilines is 2. The van der Waals surface area contributed by atoms with Gasteiger partial charge in [-0.15, -0.1) is 0 Å². The van der Waals surface area contributed by atoms with E-state index in [1.165, 1.54) is 12.0 Å². The molecule has 0 spiro atoms. The molecule has 39 heavy (non-hydrogen) atoms. The molecule has 206 valence electrons. The highest BCUT2D eigenvalue weighted by Crippen LogP contribution is 2.39. The van der Waals surface area contributed by atoms with Crippen molar-refractivity contribution in [1.29, 1.82) is 0 Å². The second-order valence-electron chi connectivity index (χ2n) is 9.51. The Balaban J connectivity index is 1.90. The molecule has 5 N–H and O–H groups in total. The molecule has 0 aliphatic heterocycles. The molecule has 3 aromatic rings. The standard InChI is InChI=1S/C28H33N5O5S/c1-16-9-14-21(38-3)20(15-16)33(28(36)25-22(29)23(26(30)34)32-39-25)24(17-10-12-19(37-2)13-11-17)27(35)31-18-7-5-4-6-8-18/h9-15,18,24H,4-8,29H2,1-3H3,(H2,30,34)(H,31,35)/t24-/m1/s1. The number of nitrogens with zero attached hydrogens (tertiary/aromatic N) is 2. The Morgan fingerprint density at radius 2 is 1.74 bits per heavy atom. The molecule has 0 saturated heterocycles. The van der Waals surface area contributed by atoms with E-state index in [2.05, 4.69) is 9.69 Å². The third kappa shape index (κ3) is 5.98. The van der Waals surface area contributed by atoms with Gasteiger partial charge in [0.05, 0.1) is 25.6 Å². The van der Waals surface area contributed by atoms with Crippen LogP contribution in [0.5, 0.6) is 11.5 Å². The van der Waals surface area contributed by atoms with Crippen molar-refractivity contribution < 1.29 is 23.9 Å². The SMILES string of the molecule is COc1ccc([C@H](C(=O)NC2CCCCC2)N(C(=O)c2snc(C(N)=O)c2N)c2cc(C)ccc2OC)cc1. The van der Waals surface area contributed by atoms with Crippen LogP contribution in [-0.4, -0.2) is 42.4 Å². The number of carbonyl (C=O) groups is 3. The Morgan fingerprint density at radius 1 is 1.05 bits per heavy atom. The number of hydrogen-bond acceptors (Lipinski definition) is 8. The molecule has 1 saturated carbocycles. The molecule has 4 rings (SSSR count). The van der Waals surface area contributed by atoms with Crippen LogP contribution in [0.2, 0.25) is 0 Å². The number of nitrogens with two attached hydrogens (primary N) is 2. The van der Waals surface area contributed by atoms with Gasteiger partial charge in [-0.2, -0.15) is 4.37 Å². The van der Waals surface area contributed by atoms with Gasteiger partial charge in [-0.1, -0.05) is 37.5 Å². The number of aryl methyl sites for hydroxylation is 1. The monoisotopic (exact) mass is 551 g/mol. The van der Waals surface area contributed by atoms with Gasteiger partial charge in [0.15, 0.2) is 5.69 Å². The predicted molar refractivity (Wildman–Crippen MR) is 150 cm³/mol. The molecule has 1 heterocycles. The maximum Gasteiger partial charge on any atom is 0.273 e. The second kappa shape index (κ2) is 12.2. The van der Waals surface area contributed by atoms with Crippen molar-refractivity contribution in [3.8, 4) is 11.5 Å². The van der Waals surface area contributed by atoms with Gasteiger partial charge in [-0.3, -0.25) is 19.3 Å². The maximum absolute atomic E-state index is 14.3. The van der Waals surface area contributed by atoms with Crippen LogP contribution in [0.25, 0.3) is 0 Å². The minimum Gasteiger partial charge on any atom is -0.497 e. The van der Waals surface area contributed by atoms with Gasteiger partial charge in [-0.05, 0) is 66.7 Å². The lowest BCUT2D eigenvalue weighted by atomic mass is 9.94. The number of ether oxygens (including phenoxy) is 2. The van der Waals surface area contributed by atoms with Crippen molar-refractivity contribution in [2.75, 3.05) is 24.9 Å². The zero-order valence-electron chi connectivity index (χ0n) is 22.2. The van der Waals surface area contributed by atoms with Gasteiger partial charge < -0.3 is 26.3 Å². The molecular formula is C28H33N5O5S. The van der Waals surface area contributed by atoms with Crippen molar-refractivity contribution in [2.45, 2.75) is 51.1 Å². The highest BCUT2D eigenvalue weighted by Gasteiger charge is 2.38. The largest absolute Gasteiger partial charge is 0.497 e. The van der Waals surface area contributed by atoms with Gasteiger partial charge in [0.2, 0.25) is 5.91 Å². The highest BCUT2D eigenvalue weighted by molar-refractivity contribution is 7.09. The van der Waals surface area contributed by atoms with Crippen molar-refractivity contribution in [3.63, 3.8) is 0 Å². The van der Waals surface area contributed by atoms with Crippen LogP contribution in [0.4, 0.5) is 11.4 Å². The second-order valence-corrected chi connectivity index (χ2v) is 10.3. The van der Waals surface area contributed by atoms with Gasteiger partial charge in [0.25, 0.3) is 11.8 Å². The van der Waals surface area contributed by atoms with E-state index < -0.39 is 17.9 Å².